The molecule has 9 heteroatoms. The van der Waals surface area contributed by atoms with Gasteiger partial charge in [-0.2, -0.15) is 0 Å². The van der Waals surface area contributed by atoms with Crippen LogP contribution in [0.25, 0.3) is 0 Å². The first-order chi connectivity index (χ1) is 11.5. The summed E-state index contributed by atoms with van der Waals surface area (Å²) in [5, 5.41) is 8.99. The number of aliphatic hydroxyl groups is 1. The quantitative estimate of drug-likeness (QED) is 0.402. The number of aliphatic hydroxyl groups excluding tert-OH is 1. The maximum Gasteiger partial charge on any atom is 0.347 e. The molecule has 3 atom stereocenters. The standard InChI is InChI=1S/C16H24O9/c1-9(17)11(3)24-14(20)5-6-15(21)25-12(4)16(22)23-8-7-13(19)10(2)18/h10-12,18H,5-8H2,1-4H3. The molecule has 0 heterocycles. The third-order valence-electron chi connectivity index (χ3n) is 3.11. The van der Waals surface area contributed by atoms with Crippen molar-refractivity contribution < 1.29 is 43.3 Å². The molecule has 0 aromatic carbocycles. The minimum atomic E-state index is -1.21. The predicted octanol–water partition coefficient (Wildman–Crippen LogP) is 0.102. The summed E-state index contributed by atoms with van der Waals surface area (Å²) in [4.78, 5) is 56.7. The van der Waals surface area contributed by atoms with Crippen molar-refractivity contribution >= 4 is 29.5 Å². The molecule has 0 aromatic rings. The molecule has 9 nitrogen and oxygen atoms in total. The molecule has 0 saturated carbocycles. The third-order valence-corrected chi connectivity index (χ3v) is 3.11. The van der Waals surface area contributed by atoms with Crippen molar-refractivity contribution in [1.82, 2.24) is 0 Å². The Bertz CT molecular complexity index is 510. The van der Waals surface area contributed by atoms with E-state index in [1.54, 1.807) is 0 Å². The fourth-order valence-corrected chi connectivity index (χ4v) is 1.43. The fourth-order valence-electron chi connectivity index (χ4n) is 1.43. The molecular weight excluding hydrogens is 336 g/mol. The van der Waals surface area contributed by atoms with Crippen molar-refractivity contribution in [2.75, 3.05) is 6.61 Å². The van der Waals surface area contributed by atoms with E-state index in [2.05, 4.69) is 0 Å². The first kappa shape index (κ1) is 22.7. The van der Waals surface area contributed by atoms with Crippen LogP contribution in [0, 0.1) is 0 Å². The van der Waals surface area contributed by atoms with E-state index in [9.17, 15) is 24.0 Å². The van der Waals surface area contributed by atoms with E-state index in [4.69, 9.17) is 19.3 Å². The lowest BCUT2D eigenvalue weighted by atomic mass is 10.2. The van der Waals surface area contributed by atoms with E-state index in [-0.39, 0.29) is 31.7 Å². The summed E-state index contributed by atoms with van der Waals surface area (Å²) in [5.41, 5.74) is 0. The van der Waals surface area contributed by atoms with Crippen LogP contribution in [0.4, 0.5) is 0 Å². The highest BCUT2D eigenvalue weighted by atomic mass is 16.6. The Morgan fingerprint density at radius 3 is 1.76 bits per heavy atom. The molecule has 0 aliphatic rings. The predicted molar refractivity (Wildman–Crippen MR) is 83.3 cm³/mol. The van der Waals surface area contributed by atoms with Crippen LogP contribution in [-0.2, 0) is 38.2 Å². The second-order valence-electron chi connectivity index (χ2n) is 5.43. The number of rotatable bonds is 11. The minimum absolute atomic E-state index is 0.149. The van der Waals surface area contributed by atoms with Gasteiger partial charge in [-0.15, -0.1) is 0 Å². The van der Waals surface area contributed by atoms with E-state index < -0.39 is 42.0 Å². The summed E-state index contributed by atoms with van der Waals surface area (Å²) < 4.78 is 14.3. The van der Waals surface area contributed by atoms with Gasteiger partial charge in [0.2, 0.25) is 0 Å². The van der Waals surface area contributed by atoms with Crippen molar-refractivity contribution in [3.8, 4) is 0 Å². The van der Waals surface area contributed by atoms with Gasteiger partial charge < -0.3 is 19.3 Å². The van der Waals surface area contributed by atoms with Gasteiger partial charge in [-0.05, 0) is 27.7 Å². The average Bonchev–Trinajstić information content (AvgIpc) is 2.52. The van der Waals surface area contributed by atoms with Crippen LogP contribution in [-0.4, -0.2) is 59.5 Å². The summed E-state index contributed by atoms with van der Waals surface area (Å²) in [6.45, 7) is 5.04. The number of carbonyl (C=O) groups is 5. The highest BCUT2D eigenvalue weighted by Crippen LogP contribution is 2.04. The number of hydrogen-bond donors (Lipinski definition) is 1. The normalized spacial score (nSPS) is 14.0. The van der Waals surface area contributed by atoms with E-state index >= 15 is 0 Å². The highest BCUT2D eigenvalue weighted by Gasteiger charge is 2.21. The van der Waals surface area contributed by atoms with Crippen LogP contribution < -0.4 is 0 Å². The van der Waals surface area contributed by atoms with Gasteiger partial charge in [-0.3, -0.25) is 19.2 Å². The van der Waals surface area contributed by atoms with Crippen LogP contribution in [0.5, 0.6) is 0 Å². The molecule has 3 unspecified atom stereocenters. The molecule has 0 aliphatic carbocycles. The summed E-state index contributed by atoms with van der Waals surface area (Å²) in [6, 6.07) is 0. The Labute approximate surface area is 145 Å². The molecular formula is C16H24O9. The Kier molecular flexibility index (Phi) is 10.3. The lowest BCUT2D eigenvalue weighted by Gasteiger charge is -2.13. The fraction of sp³-hybridized carbons (Fsp3) is 0.688. The molecule has 0 amide bonds. The van der Waals surface area contributed by atoms with Gasteiger partial charge in [0, 0.05) is 6.42 Å². The van der Waals surface area contributed by atoms with Crippen LogP contribution >= 0.6 is 0 Å². The molecule has 25 heavy (non-hydrogen) atoms. The molecule has 0 radical (unpaired) electrons. The second kappa shape index (κ2) is 11.3. The third kappa shape index (κ3) is 10.2. The van der Waals surface area contributed by atoms with Crippen LogP contribution in [0.15, 0.2) is 0 Å². The molecule has 0 fully saturated rings. The van der Waals surface area contributed by atoms with Crippen molar-refractivity contribution in [2.24, 2.45) is 0 Å². The Morgan fingerprint density at radius 1 is 0.840 bits per heavy atom. The van der Waals surface area contributed by atoms with Crippen molar-refractivity contribution in [3.63, 3.8) is 0 Å². The number of ether oxygens (including phenoxy) is 3. The molecule has 0 saturated heterocycles. The smallest absolute Gasteiger partial charge is 0.347 e. The highest BCUT2D eigenvalue weighted by molar-refractivity contribution is 5.85. The van der Waals surface area contributed by atoms with Gasteiger partial charge in [-0.1, -0.05) is 0 Å². The average molecular weight is 360 g/mol. The molecule has 0 rings (SSSR count). The molecule has 1 N–H and O–H groups in total. The summed E-state index contributed by atoms with van der Waals surface area (Å²) >= 11 is 0. The SMILES string of the molecule is CC(=O)C(C)OC(=O)CCC(=O)OC(C)C(=O)OCCC(=O)C(C)O. The molecule has 0 spiro atoms. The first-order valence-corrected chi connectivity index (χ1v) is 7.81. The lowest BCUT2D eigenvalue weighted by molar-refractivity contribution is -0.168. The maximum absolute atomic E-state index is 11.6. The Balaban J connectivity index is 4.08. The second-order valence-corrected chi connectivity index (χ2v) is 5.43. The molecule has 0 aromatic heterocycles. The van der Waals surface area contributed by atoms with Gasteiger partial charge in [0.05, 0.1) is 19.4 Å². The zero-order valence-electron chi connectivity index (χ0n) is 14.8. The summed E-state index contributed by atoms with van der Waals surface area (Å²) in [7, 11) is 0. The van der Waals surface area contributed by atoms with Crippen molar-refractivity contribution in [1.29, 1.82) is 0 Å². The number of hydrogen-bond acceptors (Lipinski definition) is 9. The van der Waals surface area contributed by atoms with E-state index in [0.717, 1.165) is 0 Å². The van der Waals surface area contributed by atoms with E-state index in [0.29, 0.717) is 0 Å². The van der Waals surface area contributed by atoms with Gasteiger partial charge in [0.15, 0.2) is 23.8 Å². The van der Waals surface area contributed by atoms with E-state index in [1.807, 2.05) is 0 Å². The van der Waals surface area contributed by atoms with Crippen LogP contribution in [0.1, 0.15) is 47.0 Å². The number of ketones is 2. The number of Topliss-reactive ketones (excluding diaryl/α,β-unsaturated/α-hetero) is 2. The van der Waals surface area contributed by atoms with Crippen LogP contribution in [0.2, 0.25) is 0 Å². The topological polar surface area (TPSA) is 133 Å². The number of esters is 3. The van der Waals surface area contributed by atoms with E-state index in [1.165, 1.54) is 27.7 Å². The van der Waals surface area contributed by atoms with Gasteiger partial charge >= 0.3 is 17.9 Å². The zero-order chi connectivity index (χ0) is 19.6. The molecule has 142 valence electrons. The summed E-state index contributed by atoms with van der Waals surface area (Å²) in [5.74, 6) is -3.18. The first-order valence-electron chi connectivity index (χ1n) is 7.81. The van der Waals surface area contributed by atoms with Gasteiger partial charge in [-0.25, -0.2) is 4.79 Å². The van der Waals surface area contributed by atoms with Crippen molar-refractivity contribution in [3.05, 3.63) is 0 Å². The van der Waals surface area contributed by atoms with Crippen LogP contribution in [0.3, 0.4) is 0 Å². The molecule has 0 bridgehead atoms. The Morgan fingerprint density at radius 2 is 1.32 bits per heavy atom. The largest absolute Gasteiger partial charge is 0.462 e. The van der Waals surface area contributed by atoms with Gasteiger partial charge in [0.1, 0.15) is 6.10 Å². The zero-order valence-corrected chi connectivity index (χ0v) is 14.8. The number of carbonyl (C=O) groups excluding carboxylic acids is 5. The lowest BCUT2D eigenvalue weighted by Crippen LogP contribution is -2.28. The maximum atomic E-state index is 11.6. The minimum Gasteiger partial charge on any atom is -0.462 e. The van der Waals surface area contributed by atoms with Crippen molar-refractivity contribution in [2.45, 2.75) is 65.3 Å². The Hall–Kier alpha value is -2.29. The monoisotopic (exact) mass is 360 g/mol. The summed E-state index contributed by atoms with van der Waals surface area (Å²) in [6.07, 6.45) is -3.99. The molecule has 0 aliphatic heterocycles. The van der Waals surface area contributed by atoms with Gasteiger partial charge in [0.25, 0.3) is 0 Å².